The predicted octanol–water partition coefficient (Wildman–Crippen LogP) is 0.0501. The minimum Gasteiger partial charge on any atom is -0.481 e. The van der Waals surface area contributed by atoms with E-state index in [4.69, 9.17) is 5.11 Å². The third kappa shape index (κ3) is 0.510. The van der Waals surface area contributed by atoms with Crippen LogP contribution >= 0.6 is 0 Å². The summed E-state index contributed by atoms with van der Waals surface area (Å²) in [5, 5.41) is 8.27. The molecule has 0 spiro atoms. The summed E-state index contributed by atoms with van der Waals surface area (Å²) in [5.41, 5.74) is -0.972. The lowest BCUT2D eigenvalue weighted by Crippen LogP contribution is -2.15. The molecule has 0 unspecified atom stereocenters. The summed E-state index contributed by atoms with van der Waals surface area (Å²) >= 11 is 0. The number of hydrogen-bond donors (Lipinski definition) is 1. The number of aldehydes is 1. The Morgan fingerprint density at radius 3 is 2.12 bits per heavy atom. The molecule has 0 heterocycles. The van der Waals surface area contributed by atoms with Gasteiger partial charge in [0.1, 0.15) is 11.7 Å². The second-order valence-electron chi connectivity index (χ2n) is 2.08. The molecule has 1 aliphatic carbocycles. The summed E-state index contributed by atoms with van der Waals surface area (Å²) in [7, 11) is 0. The maximum Gasteiger partial charge on any atom is 0.316 e. The van der Waals surface area contributed by atoms with Gasteiger partial charge in [0.15, 0.2) is 0 Å². The number of hydrogen-bond acceptors (Lipinski definition) is 2. The molecular formula is C5H6O3. The van der Waals surface area contributed by atoms with Crippen LogP contribution in [0.5, 0.6) is 0 Å². The van der Waals surface area contributed by atoms with Crippen molar-refractivity contribution < 1.29 is 14.7 Å². The number of carbonyl (C=O) groups excluding carboxylic acids is 1. The van der Waals surface area contributed by atoms with Crippen molar-refractivity contribution in [1.82, 2.24) is 0 Å². The number of aliphatic carboxylic acids is 1. The zero-order valence-corrected chi connectivity index (χ0v) is 4.26. The van der Waals surface area contributed by atoms with E-state index in [0.29, 0.717) is 19.1 Å². The summed E-state index contributed by atoms with van der Waals surface area (Å²) in [4.78, 5) is 20.0. The van der Waals surface area contributed by atoms with E-state index >= 15 is 0 Å². The average Bonchev–Trinajstić information content (AvgIpc) is 2.44. The zero-order valence-electron chi connectivity index (χ0n) is 4.26. The lowest BCUT2D eigenvalue weighted by Gasteiger charge is -1.93. The Kier molecular flexibility index (Phi) is 0.863. The summed E-state index contributed by atoms with van der Waals surface area (Å²) in [6, 6.07) is 0. The van der Waals surface area contributed by atoms with Gasteiger partial charge in [0, 0.05) is 0 Å². The highest BCUT2D eigenvalue weighted by Gasteiger charge is 2.50. The minimum atomic E-state index is -0.979. The molecule has 0 saturated heterocycles. The molecule has 3 heteroatoms. The molecule has 0 aromatic carbocycles. The van der Waals surface area contributed by atoms with Crippen molar-refractivity contribution >= 4 is 12.3 Å². The number of carboxylic acid groups (broad SMARTS) is 1. The van der Waals surface area contributed by atoms with Crippen LogP contribution in [0.1, 0.15) is 12.8 Å². The van der Waals surface area contributed by atoms with Gasteiger partial charge in [-0.05, 0) is 12.8 Å². The fourth-order valence-electron chi connectivity index (χ4n) is 0.517. The summed E-state index contributed by atoms with van der Waals surface area (Å²) in [6.07, 6.45) is 1.56. The van der Waals surface area contributed by atoms with Gasteiger partial charge >= 0.3 is 5.97 Å². The van der Waals surface area contributed by atoms with Crippen molar-refractivity contribution in [1.29, 1.82) is 0 Å². The van der Waals surface area contributed by atoms with Gasteiger partial charge in [-0.3, -0.25) is 4.79 Å². The van der Waals surface area contributed by atoms with Crippen LogP contribution in [0.25, 0.3) is 0 Å². The molecule has 1 fully saturated rings. The normalized spacial score (nSPS) is 22.0. The van der Waals surface area contributed by atoms with Crippen LogP contribution in [-0.4, -0.2) is 17.4 Å². The Bertz CT molecular complexity index is 135. The van der Waals surface area contributed by atoms with Crippen molar-refractivity contribution in [2.75, 3.05) is 0 Å². The Hall–Kier alpha value is -0.860. The molecule has 1 rings (SSSR count). The van der Waals surface area contributed by atoms with E-state index in [9.17, 15) is 9.59 Å². The number of carbonyl (C=O) groups is 2. The van der Waals surface area contributed by atoms with Gasteiger partial charge in [-0.15, -0.1) is 0 Å². The highest BCUT2D eigenvalue weighted by molar-refractivity contribution is 5.95. The van der Waals surface area contributed by atoms with Crippen molar-refractivity contribution in [3.8, 4) is 0 Å². The zero-order chi connectivity index (χ0) is 6.20. The van der Waals surface area contributed by atoms with Gasteiger partial charge in [-0.2, -0.15) is 0 Å². The van der Waals surface area contributed by atoms with E-state index in [2.05, 4.69) is 0 Å². The highest BCUT2D eigenvalue weighted by Crippen LogP contribution is 2.43. The summed E-state index contributed by atoms with van der Waals surface area (Å²) < 4.78 is 0. The molecule has 0 amide bonds. The molecule has 1 aliphatic rings. The molecule has 1 saturated carbocycles. The minimum absolute atomic E-state index is 0.520. The predicted molar refractivity (Wildman–Crippen MR) is 25.4 cm³/mol. The largest absolute Gasteiger partial charge is 0.481 e. The molecule has 0 radical (unpaired) electrons. The number of rotatable bonds is 2. The van der Waals surface area contributed by atoms with Gasteiger partial charge in [0.2, 0.25) is 0 Å². The van der Waals surface area contributed by atoms with Crippen LogP contribution < -0.4 is 0 Å². The molecule has 3 nitrogen and oxygen atoms in total. The van der Waals surface area contributed by atoms with Crippen molar-refractivity contribution in [3.05, 3.63) is 0 Å². The molecule has 8 heavy (non-hydrogen) atoms. The fraction of sp³-hybridized carbons (Fsp3) is 0.600. The molecule has 44 valence electrons. The van der Waals surface area contributed by atoms with Crippen LogP contribution in [0, 0.1) is 5.41 Å². The first-order valence-electron chi connectivity index (χ1n) is 2.41. The maximum absolute atomic E-state index is 10.1. The molecule has 0 aliphatic heterocycles. The molecular weight excluding hydrogens is 108 g/mol. The van der Waals surface area contributed by atoms with Gasteiger partial charge in [0.05, 0.1) is 0 Å². The average molecular weight is 114 g/mol. The third-order valence-corrected chi connectivity index (χ3v) is 1.44. The summed E-state index contributed by atoms with van der Waals surface area (Å²) in [5.74, 6) is -0.979. The Labute approximate surface area is 46.3 Å². The van der Waals surface area contributed by atoms with Crippen molar-refractivity contribution in [2.45, 2.75) is 12.8 Å². The van der Waals surface area contributed by atoms with Gasteiger partial charge in [-0.1, -0.05) is 0 Å². The van der Waals surface area contributed by atoms with E-state index in [1.165, 1.54) is 0 Å². The van der Waals surface area contributed by atoms with Crippen LogP contribution in [-0.2, 0) is 9.59 Å². The second kappa shape index (κ2) is 1.31. The van der Waals surface area contributed by atoms with Crippen LogP contribution in [0.4, 0.5) is 0 Å². The monoisotopic (exact) mass is 114 g/mol. The van der Waals surface area contributed by atoms with E-state index in [0.717, 1.165) is 0 Å². The van der Waals surface area contributed by atoms with Gasteiger partial charge in [-0.25, -0.2) is 0 Å². The summed E-state index contributed by atoms with van der Waals surface area (Å²) in [6.45, 7) is 0. The van der Waals surface area contributed by atoms with E-state index in [1.54, 1.807) is 0 Å². The molecule has 0 aromatic heterocycles. The first kappa shape index (κ1) is 5.28. The second-order valence-corrected chi connectivity index (χ2v) is 2.08. The molecule has 0 aromatic rings. The lowest BCUT2D eigenvalue weighted by atomic mass is 10.1. The maximum atomic E-state index is 10.1. The smallest absolute Gasteiger partial charge is 0.316 e. The van der Waals surface area contributed by atoms with Crippen molar-refractivity contribution in [3.63, 3.8) is 0 Å². The van der Waals surface area contributed by atoms with E-state index < -0.39 is 11.4 Å². The van der Waals surface area contributed by atoms with Crippen LogP contribution in [0.3, 0.4) is 0 Å². The van der Waals surface area contributed by atoms with Crippen LogP contribution in [0.2, 0.25) is 0 Å². The standard InChI is InChI=1S/C5H6O3/c6-3-5(1-2-5)4(7)8/h3H,1-2H2,(H,7,8). The first-order chi connectivity index (χ1) is 3.71. The quantitative estimate of drug-likeness (QED) is 0.407. The van der Waals surface area contributed by atoms with Gasteiger partial charge in [0.25, 0.3) is 0 Å². The Morgan fingerprint density at radius 1 is 1.62 bits per heavy atom. The van der Waals surface area contributed by atoms with E-state index in [-0.39, 0.29) is 0 Å². The Morgan fingerprint density at radius 2 is 2.12 bits per heavy atom. The van der Waals surface area contributed by atoms with Gasteiger partial charge < -0.3 is 9.90 Å². The molecule has 1 N–H and O–H groups in total. The van der Waals surface area contributed by atoms with E-state index in [1.807, 2.05) is 0 Å². The topological polar surface area (TPSA) is 54.4 Å². The fourth-order valence-corrected chi connectivity index (χ4v) is 0.517. The SMILES string of the molecule is O=CC1(C(=O)O)CC1. The number of carboxylic acids is 1. The first-order valence-corrected chi connectivity index (χ1v) is 2.41. The molecule has 0 bridgehead atoms. The van der Waals surface area contributed by atoms with Crippen LogP contribution in [0.15, 0.2) is 0 Å². The lowest BCUT2D eigenvalue weighted by molar-refractivity contribution is -0.145. The third-order valence-electron chi connectivity index (χ3n) is 1.44. The highest BCUT2D eigenvalue weighted by atomic mass is 16.4. The Balaban J connectivity index is 2.66. The molecule has 0 atom stereocenters. The van der Waals surface area contributed by atoms with Crippen molar-refractivity contribution in [2.24, 2.45) is 5.41 Å².